The fourth-order valence-electron chi connectivity index (χ4n) is 6.48. The van der Waals surface area contributed by atoms with E-state index in [-0.39, 0.29) is 11.2 Å². The van der Waals surface area contributed by atoms with E-state index in [4.69, 9.17) is 0 Å². The third-order valence-corrected chi connectivity index (χ3v) is 8.44. The van der Waals surface area contributed by atoms with Crippen molar-refractivity contribution in [2.24, 2.45) is 5.41 Å². The number of hydrogen-bond donors (Lipinski definition) is 3. The first-order chi connectivity index (χ1) is 15.8. The number of nitrogens with one attached hydrogen (secondary N) is 3. The first kappa shape index (κ1) is 20.5. The van der Waals surface area contributed by atoms with Crippen molar-refractivity contribution in [3.8, 4) is 6.07 Å². The third kappa shape index (κ3) is 2.97. The van der Waals surface area contributed by atoms with E-state index in [0.717, 1.165) is 57.6 Å². The molecule has 2 aliphatic carbocycles. The SMILES string of the molecule is Cc1cc2c(cc1NC1CC3(CCNCC3)C1)C(C)(C)c1[nH]c3cc(C#N)ccc3c1C2=O. The highest BCUT2D eigenvalue weighted by Gasteiger charge is 2.45. The summed E-state index contributed by atoms with van der Waals surface area (Å²) in [7, 11) is 0. The molecule has 0 unspecified atom stereocenters. The Kier molecular flexibility index (Phi) is 4.32. The van der Waals surface area contributed by atoms with Crippen LogP contribution in [0.5, 0.6) is 0 Å². The van der Waals surface area contributed by atoms with Gasteiger partial charge in [-0.05, 0) is 86.5 Å². The molecular weight excluding hydrogens is 408 g/mol. The molecule has 1 spiro atoms. The summed E-state index contributed by atoms with van der Waals surface area (Å²) in [6.07, 6.45) is 5.04. The molecule has 33 heavy (non-hydrogen) atoms. The maximum absolute atomic E-state index is 13.7. The number of ketones is 1. The van der Waals surface area contributed by atoms with Gasteiger partial charge in [0.05, 0.1) is 17.2 Å². The number of fused-ring (bicyclic) bond motifs is 4. The van der Waals surface area contributed by atoms with Crippen LogP contribution in [0.1, 0.15) is 77.8 Å². The molecule has 2 heterocycles. The van der Waals surface area contributed by atoms with Crippen molar-refractivity contribution in [3.05, 3.63) is 63.8 Å². The smallest absolute Gasteiger partial charge is 0.195 e. The lowest BCUT2D eigenvalue weighted by atomic mass is 9.60. The van der Waals surface area contributed by atoms with Crippen LogP contribution < -0.4 is 10.6 Å². The Morgan fingerprint density at radius 2 is 1.88 bits per heavy atom. The van der Waals surface area contributed by atoms with Gasteiger partial charge in [-0.3, -0.25) is 4.79 Å². The Bertz CT molecular complexity index is 1340. The van der Waals surface area contributed by atoms with Gasteiger partial charge in [0.15, 0.2) is 5.78 Å². The maximum Gasteiger partial charge on any atom is 0.195 e. The molecule has 5 nitrogen and oxygen atoms in total. The quantitative estimate of drug-likeness (QED) is 0.516. The summed E-state index contributed by atoms with van der Waals surface area (Å²) in [6.45, 7) is 8.76. The second kappa shape index (κ2) is 6.95. The van der Waals surface area contributed by atoms with Crippen molar-refractivity contribution in [1.29, 1.82) is 5.26 Å². The molecule has 6 rings (SSSR count). The minimum absolute atomic E-state index is 0.0715. The van der Waals surface area contributed by atoms with Gasteiger partial charge in [0, 0.05) is 39.3 Å². The van der Waals surface area contributed by atoms with E-state index in [1.54, 1.807) is 6.07 Å². The molecule has 2 aromatic carbocycles. The van der Waals surface area contributed by atoms with Gasteiger partial charge in [-0.2, -0.15) is 5.26 Å². The number of nitrogens with zero attached hydrogens (tertiary/aromatic N) is 1. The van der Waals surface area contributed by atoms with Crippen LogP contribution in [0.4, 0.5) is 5.69 Å². The van der Waals surface area contributed by atoms with Gasteiger partial charge in [-0.25, -0.2) is 0 Å². The largest absolute Gasteiger partial charge is 0.382 e. The average Bonchev–Trinajstić information content (AvgIpc) is 3.18. The molecule has 1 aliphatic heterocycles. The van der Waals surface area contributed by atoms with Crippen LogP contribution in [-0.2, 0) is 5.41 Å². The van der Waals surface area contributed by atoms with Crippen LogP contribution in [0.15, 0.2) is 30.3 Å². The second-order valence-corrected chi connectivity index (χ2v) is 10.9. The normalized spacial score (nSPS) is 20.7. The third-order valence-electron chi connectivity index (χ3n) is 8.44. The Labute approximate surface area is 194 Å². The lowest BCUT2D eigenvalue weighted by Gasteiger charge is -2.51. The summed E-state index contributed by atoms with van der Waals surface area (Å²) >= 11 is 0. The van der Waals surface area contributed by atoms with Gasteiger partial charge in [0.25, 0.3) is 0 Å². The lowest BCUT2D eigenvalue weighted by Crippen LogP contribution is -2.50. The van der Waals surface area contributed by atoms with E-state index in [2.05, 4.69) is 54.6 Å². The molecule has 3 aromatic rings. The Hall–Kier alpha value is -3.10. The summed E-state index contributed by atoms with van der Waals surface area (Å²) in [6, 6.07) is 12.5. The molecule has 0 radical (unpaired) electrons. The molecule has 0 atom stereocenters. The summed E-state index contributed by atoms with van der Waals surface area (Å²) in [5, 5.41) is 17.5. The minimum atomic E-state index is -0.343. The summed E-state index contributed by atoms with van der Waals surface area (Å²) in [5.74, 6) is 0.0715. The highest BCUT2D eigenvalue weighted by atomic mass is 16.1. The van der Waals surface area contributed by atoms with Crippen LogP contribution in [0, 0.1) is 23.7 Å². The predicted octanol–water partition coefficient (Wildman–Crippen LogP) is 5.16. The number of aromatic nitrogens is 1. The molecule has 3 aliphatic rings. The van der Waals surface area contributed by atoms with E-state index in [0.29, 0.717) is 17.0 Å². The van der Waals surface area contributed by atoms with Gasteiger partial charge >= 0.3 is 0 Å². The molecule has 1 saturated heterocycles. The van der Waals surface area contributed by atoms with E-state index in [1.165, 1.54) is 25.7 Å². The highest BCUT2D eigenvalue weighted by Crippen LogP contribution is 2.50. The van der Waals surface area contributed by atoms with Crippen LogP contribution in [-0.4, -0.2) is 29.9 Å². The standard InChI is InChI=1S/C28H30N4O/c1-16-10-20-21(12-22(16)31-18-13-28(14-18)6-8-30-9-7-28)27(2,3)26-24(25(20)33)19-5-4-17(15-29)11-23(19)32-26/h4-5,10-12,18,30-32H,6-9,13-14H2,1-3H3. The van der Waals surface area contributed by atoms with Gasteiger partial charge in [0.1, 0.15) is 0 Å². The first-order valence-corrected chi connectivity index (χ1v) is 12.0. The maximum atomic E-state index is 13.7. The molecule has 2 fully saturated rings. The van der Waals surface area contributed by atoms with E-state index < -0.39 is 0 Å². The topological polar surface area (TPSA) is 80.7 Å². The highest BCUT2D eigenvalue weighted by molar-refractivity contribution is 6.20. The van der Waals surface area contributed by atoms with Crippen LogP contribution in [0.3, 0.4) is 0 Å². The van der Waals surface area contributed by atoms with Crippen molar-refractivity contribution in [2.75, 3.05) is 18.4 Å². The van der Waals surface area contributed by atoms with E-state index in [1.807, 2.05) is 12.1 Å². The van der Waals surface area contributed by atoms with Gasteiger partial charge < -0.3 is 15.6 Å². The molecule has 0 bridgehead atoms. The number of hydrogen-bond acceptors (Lipinski definition) is 4. The molecule has 1 saturated carbocycles. The number of rotatable bonds is 2. The zero-order valence-corrected chi connectivity index (χ0v) is 19.6. The Balaban J connectivity index is 1.37. The molecule has 3 N–H and O–H groups in total. The van der Waals surface area contributed by atoms with E-state index >= 15 is 0 Å². The van der Waals surface area contributed by atoms with Gasteiger partial charge in [-0.15, -0.1) is 0 Å². The predicted molar refractivity (Wildman–Crippen MR) is 131 cm³/mol. The van der Waals surface area contributed by atoms with Crippen molar-refractivity contribution in [2.45, 2.75) is 57.9 Å². The number of nitriles is 1. The second-order valence-electron chi connectivity index (χ2n) is 10.9. The molecule has 0 amide bonds. The minimum Gasteiger partial charge on any atom is -0.382 e. The number of carbonyl (C=O) groups excluding carboxylic acids is 1. The molecular formula is C28H30N4O. The molecule has 1 aromatic heterocycles. The van der Waals surface area contributed by atoms with Crippen LogP contribution >= 0.6 is 0 Å². The van der Waals surface area contributed by atoms with Crippen molar-refractivity contribution in [1.82, 2.24) is 10.3 Å². The van der Waals surface area contributed by atoms with Crippen molar-refractivity contribution < 1.29 is 4.79 Å². The van der Waals surface area contributed by atoms with Crippen molar-refractivity contribution in [3.63, 3.8) is 0 Å². The number of piperidine rings is 1. The zero-order valence-electron chi connectivity index (χ0n) is 19.6. The summed E-state index contributed by atoms with van der Waals surface area (Å²) in [5.41, 5.74) is 7.46. The average molecular weight is 439 g/mol. The number of aromatic amines is 1. The van der Waals surface area contributed by atoms with E-state index in [9.17, 15) is 10.1 Å². The number of H-pyrrole nitrogens is 1. The number of anilines is 1. The van der Waals surface area contributed by atoms with Crippen LogP contribution in [0.25, 0.3) is 10.9 Å². The summed E-state index contributed by atoms with van der Waals surface area (Å²) in [4.78, 5) is 17.2. The van der Waals surface area contributed by atoms with Crippen LogP contribution in [0.2, 0.25) is 0 Å². The number of aryl methyl sites for hydroxylation is 1. The lowest BCUT2D eigenvalue weighted by molar-refractivity contribution is 0.0718. The fraction of sp³-hybridized carbons (Fsp3) is 0.429. The molecule has 5 heteroatoms. The van der Waals surface area contributed by atoms with Gasteiger partial charge in [-0.1, -0.05) is 19.9 Å². The number of benzene rings is 2. The number of carbonyl (C=O) groups is 1. The zero-order chi connectivity index (χ0) is 23.0. The molecule has 168 valence electrons. The summed E-state index contributed by atoms with van der Waals surface area (Å²) < 4.78 is 0. The fourth-order valence-corrected chi connectivity index (χ4v) is 6.48. The van der Waals surface area contributed by atoms with Crippen molar-refractivity contribution >= 4 is 22.4 Å². The Morgan fingerprint density at radius 1 is 1.12 bits per heavy atom. The monoisotopic (exact) mass is 438 g/mol. The first-order valence-electron chi connectivity index (χ1n) is 12.0. The Morgan fingerprint density at radius 3 is 2.61 bits per heavy atom. The van der Waals surface area contributed by atoms with Gasteiger partial charge in [0.2, 0.25) is 0 Å².